The molecule has 2 heterocycles. The molecule has 5 heteroatoms. The van der Waals surface area contributed by atoms with Crippen LogP contribution in [0.25, 0.3) is 0 Å². The number of nitrogens with zero attached hydrogens (tertiary/aromatic N) is 3. The van der Waals surface area contributed by atoms with Crippen LogP contribution < -0.4 is 9.47 Å². The van der Waals surface area contributed by atoms with Crippen molar-refractivity contribution in [2.24, 2.45) is 15.9 Å². The van der Waals surface area contributed by atoms with Crippen LogP contribution in [0.3, 0.4) is 0 Å². The average Bonchev–Trinajstić information content (AvgIpc) is 3.45. The lowest BCUT2D eigenvalue weighted by atomic mass is 9.93. The van der Waals surface area contributed by atoms with E-state index in [9.17, 15) is 0 Å². The fraction of sp³-hybridized carbons (Fsp3) is 0.444. The van der Waals surface area contributed by atoms with Crippen molar-refractivity contribution >= 4 is 12.1 Å². The quantitative estimate of drug-likeness (QED) is 0.858. The van der Waals surface area contributed by atoms with Crippen LogP contribution >= 0.6 is 0 Å². The standard InChI is InChI=1S/C18H21N3O2/c1-22-16-6-5-13(9-17(16)23-2)15-10-14(12-3-4-12)20-18-11-19-7-8-21(15)18/h5-9,11-12,14-15H,3-4,10H2,1-2H3. The van der Waals surface area contributed by atoms with Crippen LogP contribution in [-0.4, -0.2) is 37.2 Å². The Morgan fingerprint density at radius 1 is 1.13 bits per heavy atom. The fourth-order valence-corrected chi connectivity index (χ4v) is 3.43. The van der Waals surface area contributed by atoms with E-state index in [1.807, 2.05) is 24.7 Å². The van der Waals surface area contributed by atoms with Crippen molar-refractivity contribution < 1.29 is 9.47 Å². The second-order valence-corrected chi connectivity index (χ2v) is 6.24. The minimum absolute atomic E-state index is 0.260. The fourth-order valence-electron chi connectivity index (χ4n) is 3.43. The van der Waals surface area contributed by atoms with Crippen molar-refractivity contribution in [1.82, 2.24) is 4.90 Å². The summed E-state index contributed by atoms with van der Waals surface area (Å²) in [6.07, 6.45) is 9.33. The largest absolute Gasteiger partial charge is 0.493 e. The van der Waals surface area contributed by atoms with E-state index >= 15 is 0 Å². The monoisotopic (exact) mass is 311 g/mol. The molecule has 4 rings (SSSR count). The molecule has 2 unspecified atom stereocenters. The summed E-state index contributed by atoms with van der Waals surface area (Å²) in [5, 5.41) is 0. The molecule has 1 aliphatic carbocycles. The maximum Gasteiger partial charge on any atom is 0.161 e. The molecule has 0 radical (unpaired) electrons. The van der Waals surface area contributed by atoms with Gasteiger partial charge in [-0.3, -0.25) is 9.98 Å². The summed E-state index contributed by atoms with van der Waals surface area (Å²) in [5.41, 5.74) is 1.22. The van der Waals surface area contributed by atoms with Crippen molar-refractivity contribution in [2.45, 2.75) is 31.3 Å². The van der Waals surface area contributed by atoms with Gasteiger partial charge in [0, 0.05) is 12.4 Å². The van der Waals surface area contributed by atoms with Gasteiger partial charge in [-0.2, -0.15) is 0 Å². The van der Waals surface area contributed by atoms with Crippen LogP contribution in [0.1, 0.15) is 30.9 Å². The first-order valence-electron chi connectivity index (χ1n) is 8.08. The van der Waals surface area contributed by atoms with Crippen LogP contribution in [-0.2, 0) is 0 Å². The molecule has 2 aliphatic heterocycles. The molecule has 0 bridgehead atoms. The number of methoxy groups -OCH3 is 2. The van der Waals surface area contributed by atoms with Crippen molar-refractivity contribution in [3.05, 3.63) is 36.2 Å². The van der Waals surface area contributed by atoms with Gasteiger partial charge in [-0.15, -0.1) is 0 Å². The molecule has 23 heavy (non-hydrogen) atoms. The highest BCUT2D eigenvalue weighted by molar-refractivity contribution is 6.30. The first-order chi connectivity index (χ1) is 11.3. The topological polar surface area (TPSA) is 46.4 Å². The average molecular weight is 311 g/mol. The molecule has 1 saturated carbocycles. The SMILES string of the molecule is COc1ccc(C2CC(C3CC3)N=C3C=NC=CN32)cc1OC. The molecule has 2 atom stereocenters. The molecule has 0 saturated heterocycles. The van der Waals surface area contributed by atoms with Gasteiger partial charge < -0.3 is 14.4 Å². The van der Waals surface area contributed by atoms with Crippen LogP contribution in [0.4, 0.5) is 0 Å². The van der Waals surface area contributed by atoms with E-state index in [2.05, 4.69) is 22.0 Å². The summed E-state index contributed by atoms with van der Waals surface area (Å²) in [5.74, 6) is 3.24. The third-order valence-electron chi connectivity index (χ3n) is 4.83. The molecule has 1 fully saturated rings. The zero-order valence-corrected chi connectivity index (χ0v) is 13.5. The summed E-state index contributed by atoms with van der Waals surface area (Å²) in [6, 6.07) is 6.84. The molecule has 0 aromatic heterocycles. The number of fused-ring (bicyclic) bond motifs is 1. The second kappa shape index (κ2) is 5.72. The number of rotatable bonds is 4. The Labute approximate surface area is 136 Å². The van der Waals surface area contributed by atoms with Gasteiger partial charge >= 0.3 is 0 Å². The Hall–Kier alpha value is -2.30. The van der Waals surface area contributed by atoms with Gasteiger partial charge in [0.05, 0.1) is 32.5 Å². The summed E-state index contributed by atoms with van der Waals surface area (Å²) in [7, 11) is 3.34. The van der Waals surface area contributed by atoms with Gasteiger partial charge in [-0.05, 0) is 42.9 Å². The molecule has 1 aromatic rings. The summed E-state index contributed by atoms with van der Waals surface area (Å²) < 4.78 is 10.8. The molecular formula is C18H21N3O2. The van der Waals surface area contributed by atoms with Gasteiger partial charge in [0.2, 0.25) is 0 Å². The van der Waals surface area contributed by atoms with Crippen LogP contribution in [0, 0.1) is 5.92 Å². The van der Waals surface area contributed by atoms with Gasteiger partial charge in [-0.1, -0.05) is 6.07 Å². The highest BCUT2D eigenvalue weighted by Crippen LogP contribution is 2.43. The van der Waals surface area contributed by atoms with Crippen molar-refractivity contribution in [1.29, 1.82) is 0 Å². The highest BCUT2D eigenvalue weighted by atomic mass is 16.5. The summed E-state index contributed by atoms with van der Waals surface area (Å²) in [4.78, 5) is 11.4. The van der Waals surface area contributed by atoms with Crippen molar-refractivity contribution in [3.63, 3.8) is 0 Å². The van der Waals surface area contributed by atoms with E-state index in [1.54, 1.807) is 14.2 Å². The van der Waals surface area contributed by atoms with Crippen molar-refractivity contribution in [3.8, 4) is 11.5 Å². The maximum atomic E-state index is 5.47. The molecule has 3 aliphatic rings. The number of aliphatic imine (C=N–C) groups is 2. The first-order valence-corrected chi connectivity index (χ1v) is 8.08. The Morgan fingerprint density at radius 3 is 2.70 bits per heavy atom. The maximum absolute atomic E-state index is 5.47. The summed E-state index contributed by atoms with van der Waals surface area (Å²) in [6.45, 7) is 0. The van der Waals surface area contributed by atoms with Crippen LogP contribution in [0.2, 0.25) is 0 Å². The minimum atomic E-state index is 0.260. The van der Waals surface area contributed by atoms with Crippen molar-refractivity contribution in [2.75, 3.05) is 14.2 Å². The van der Waals surface area contributed by atoms with E-state index < -0.39 is 0 Å². The predicted octanol–water partition coefficient (Wildman–Crippen LogP) is 3.18. The molecule has 5 nitrogen and oxygen atoms in total. The zero-order valence-electron chi connectivity index (χ0n) is 13.5. The van der Waals surface area contributed by atoms with Gasteiger partial charge in [0.25, 0.3) is 0 Å². The number of amidine groups is 1. The number of benzene rings is 1. The summed E-state index contributed by atoms with van der Waals surface area (Å²) >= 11 is 0. The Morgan fingerprint density at radius 2 is 1.96 bits per heavy atom. The Balaban J connectivity index is 1.70. The molecule has 0 spiro atoms. The smallest absolute Gasteiger partial charge is 0.161 e. The molecular weight excluding hydrogens is 290 g/mol. The molecule has 0 amide bonds. The normalized spacial score (nSPS) is 25.8. The number of ether oxygens (including phenoxy) is 2. The molecule has 120 valence electrons. The van der Waals surface area contributed by atoms with Crippen LogP contribution in [0.5, 0.6) is 11.5 Å². The third-order valence-corrected chi connectivity index (χ3v) is 4.83. The number of hydrogen-bond donors (Lipinski definition) is 0. The lowest BCUT2D eigenvalue weighted by Crippen LogP contribution is -2.40. The number of hydrogen-bond acceptors (Lipinski definition) is 5. The zero-order chi connectivity index (χ0) is 15.8. The Kier molecular flexibility index (Phi) is 3.56. The van der Waals surface area contributed by atoms with E-state index in [0.717, 1.165) is 29.7 Å². The lowest BCUT2D eigenvalue weighted by Gasteiger charge is -2.38. The van der Waals surface area contributed by atoms with Crippen LogP contribution in [0.15, 0.2) is 40.6 Å². The molecule has 0 N–H and O–H groups in total. The minimum Gasteiger partial charge on any atom is -0.493 e. The second-order valence-electron chi connectivity index (χ2n) is 6.24. The molecule has 1 aromatic carbocycles. The van der Waals surface area contributed by atoms with E-state index in [-0.39, 0.29) is 6.04 Å². The predicted molar refractivity (Wildman–Crippen MR) is 90.3 cm³/mol. The Bertz CT molecular complexity index is 692. The van der Waals surface area contributed by atoms with Gasteiger partial charge in [0.15, 0.2) is 11.5 Å². The van der Waals surface area contributed by atoms with E-state index in [4.69, 9.17) is 14.5 Å². The van der Waals surface area contributed by atoms with Gasteiger partial charge in [-0.25, -0.2) is 0 Å². The lowest BCUT2D eigenvalue weighted by molar-refractivity contribution is 0.317. The van der Waals surface area contributed by atoms with Gasteiger partial charge in [0.1, 0.15) is 5.84 Å². The van der Waals surface area contributed by atoms with E-state index in [0.29, 0.717) is 6.04 Å². The first kappa shape index (κ1) is 14.3. The third kappa shape index (κ3) is 2.60. The van der Waals surface area contributed by atoms with E-state index in [1.165, 1.54) is 18.4 Å². The highest BCUT2D eigenvalue weighted by Gasteiger charge is 2.38.